The van der Waals surface area contributed by atoms with Gasteiger partial charge in [0.15, 0.2) is 0 Å². The second-order valence-electron chi connectivity index (χ2n) is 4.06. The highest BCUT2D eigenvalue weighted by Gasteiger charge is 2.12. The molecule has 2 aromatic rings. The molecule has 5 nitrogen and oxygen atoms in total. The van der Waals surface area contributed by atoms with Crippen molar-refractivity contribution in [3.63, 3.8) is 0 Å². The second-order valence-corrected chi connectivity index (χ2v) is 4.47. The van der Waals surface area contributed by atoms with E-state index in [-0.39, 0.29) is 10.7 Å². The number of hydrogen-bond donors (Lipinski definition) is 1. The molecular formula is C13H14ClN3O2. The quantitative estimate of drug-likeness (QED) is 0.671. The van der Waals surface area contributed by atoms with Crippen molar-refractivity contribution in [3.05, 3.63) is 57.4 Å². The van der Waals surface area contributed by atoms with Crippen LogP contribution in [-0.4, -0.2) is 9.49 Å². The number of nitrogens with one attached hydrogen (secondary N) is 1. The standard InChI is InChI=1S/C13H14ClN3O2/c1-2-16-7-3-4-11(16)9-15-10-5-6-12(14)13(8-10)17(18)19/h3-8,15H,2,9H2,1H3. The molecule has 0 atom stereocenters. The summed E-state index contributed by atoms with van der Waals surface area (Å²) < 4.78 is 2.11. The minimum absolute atomic E-state index is 0.0856. The molecule has 0 aliphatic carbocycles. The van der Waals surface area contributed by atoms with Crippen LogP contribution >= 0.6 is 11.6 Å². The molecule has 1 N–H and O–H groups in total. The molecule has 0 saturated carbocycles. The Balaban J connectivity index is 2.12. The normalized spacial score (nSPS) is 10.4. The van der Waals surface area contributed by atoms with Gasteiger partial charge < -0.3 is 9.88 Å². The maximum absolute atomic E-state index is 10.8. The lowest BCUT2D eigenvalue weighted by atomic mass is 10.2. The van der Waals surface area contributed by atoms with Crippen LogP contribution in [0.15, 0.2) is 36.5 Å². The maximum atomic E-state index is 10.8. The summed E-state index contributed by atoms with van der Waals surface area (Å²) in [5, 5.41) is 14.1. The second kappa shape index (κ2) is 5.75. The molecule has 0 radical (unpaired) electrons. The van der Waals surface area contributed by atoms with Crippen molar-refractivity contribution >= 4 is 23.0 Å². The van der Waals surface area contributed by atoms with Crippen LogP contribution in [0.4, 0.5) is 11.4 Å². The maximum Gasteiger partial charge on any atom is 0.289 e. The Morgan fingerprint density at radius 2 is 2.21 bits per heavy atom. The van der Waals surface area contributed by atoms with Crippen molar-refractivity contribution in [3.8, 4) is 0 Å². The van der Waals surface area contributed by atoms with Crippen LogP contribution in [0.5, 0.6) is 0 Å². The molecule has 0 saturated heterocycles. The van der Waals surface area contributed by atoms with Gasteiger partial charge in [-0.3, -0.25) is 10.1 Å². The molecule has 0 fully saturated rings. The van der Waals surface area contributed by atoms with E-state index in [1.54, 1.807) is 6.07 Å². The lowest BCUT2D eigenvalue weighted by molar-refractivity contribution is -0.384. The molecule has 19 heavy (non-hydrogen) atoms. The molecule has 0 aliphatic heterocycles. The van der Waals surface area contributed by atoms with Gasteiger partial charge in [0.05, 0.1) is 11.5 Å². The number of anilines is 1. The number of nitro benzene ring substituents is 1. The van der Waals surface area contributed by atoms with Crippen molar-refractivity contribution in [1.82, 2.24) is 4.57 Å². The monoisotopic (exact) mass is 279 g/mol. The lowest BCUT2D eigenvalue weighted by Crippen LogP contribution is -2.06. The number of hydrogen-bond acceptors (Lipinski definition) is 3. The van der Waals surface area contributed by atoms with Crippen LogP contribution < -0.4 is 5.32 Å². The van der Waals surface area contributed by atoms with Crippen LogP contribution in [0.2, 0.25) is 5.02 Å². The fraction of sp³-hybridized carbons (Fsp3) is 0.231. The van der Waals surface area contributed by atoms with E-state index < -0.39 is 4.92 Å². The van der Waals surface area contributed by atoms with E-state index in [1.165, 1.54) is 12.1 Å². The Bertz CT molecular complexity index is 595. The largest absolute Gasteiger partial charge is 0.379 e. The first-order chi connectivity index (χ1) is 9.11. The molecule has 0 bridgehead atoms. The van der Waals surface area contributed by atoms with Gasteiger partial charge in [-0.05, 0) is 31.2 Å². The molecule has 2 rings (SSSR count). The molecule has 0 spiro atoms. The summed E-state index contributed by atoms with van der Waals surface area (Å²) in [5.41, 5.74) is 1.72. The minimum atomic E-state index is -0.484. The van der Waals surface area contributed by atoms with E-state index in [0.29, 0.717) is 12.2 Å². The van der Waals surface area contributed by atoms with E-state index in [1.807, 2.05) is 18.3 Å². The number of aromatic nitrogens is 1. The fourth-order valence-electron chi connectivity index (χ4n) is 1.87. The Hall–Kier alpha value is -2.01. The molecule has 0 unspecified atom stereocenters. The highest BCUT2D eigenvalue weighted by Crippen LogP contribution is 2.27. The smallest absolute Gasteiger partial charge is 0.289 e. The van der Waals surface area contributed by atoms with Crippen molar-refractivity contribution < 1.29 is 4.92 Å². The van der Waals surface area contributed by atoms with E-state index in [0.717, 1.165) is 12.2 Å². The molecule has 1 aromatic heterocycles. The summed E-state index contributed by atoms with van der Waals surface area (Å²) in [7, 11) is 0. The summed E-state index contributed by atoms with van der Waals surface area (Å²) in [6, 6.07) is 8.70. The van der Waals surface area contributed by atoms with Gasteiger partial charge in [0.25, 0.3) is 5.69 Å². The molecular weight excluding hydrogens is 266 g/mol. The van der Waals surface area contributed by atoms with Gasteiger partial charge >= 0.3 is 0 Å². The van der Waals surface area contributed by atoms with Gasteiger partial charge in [-0.2, -0.15) is 0 Å². The Kier molecular flexibility index (Phi) is 4.06. The third kappa shape index (κ3) is 3.06. The van der Waals surface area contributed by atoms with Gasteiger partial charge in [-0.15, -0.1) is 0 Å². The predicted molar refractivity (Wildman–Crippen MR) is 75.5 cm³/mol. The first-order valence-electron chi connectivity index (χ1n) is 5.93. The molecule has 0 amide bonds. The van der Waals surface area contributed by atoms with Crippen LogP contribution in [0.1, 0.15) is 12.6 Å². The zero-order valence-electron chi connectivity index (χ0n) is 10.5. The summed E-state index contributed by atoms with van der Waals surface area (Å²) in [4.78, 5) is 10.3. The van der Waals surface area contributed by atoms with Crippen molar-refractivity contribution in [2.24, 2.45) is 0 Å². The fourth-order valence-corrected chi connectivity index (χ4v) is 2.06. The number of rotatable bonds is 5. The molecule has 6 heteroatoms. The SMILES string of the molecule is CCn1cccc1CNc1ccc(Cl)c([N+](=O)[O-])c1. The third-order valence-electron chi connectivity index (χ3n) is 2.88. The summed E-state index contributed by atoms with van der Waals surface area (Å²) in [6.45, 7) is 3.57. The summed E-state index contributed by atoms with van der Waals surface area (Å²) >= 11 is 5.77. The first-order valence-corrected chi connectivity index (χ1v) is 6.31. The van der Waals surface area contributed by atoms with Gasteiger partial charge in [0.2, 0.25) is 0 Å². The van der Waals surface area contributed by atoms with Crippen LogP contribution in [-0.2, 0) is 13.1 Å². The van der Waals surface area contributed by atoms with Crippen LogP contribution in [0.25, 0.3) is 0 Å². The van der Waals surface area contributed by atoms with Crippen molar-refractivity contribution in [1.29, 1.82) is 0 Å². The highest BCUT2D eigenvalue weighted by molar-refractivity contribution is 6.32. The Labute approximate surface area is 116 Å². The summed E-state index contributed by atoms with van der Waals surface area (Å²) in [5.74, 6) is 0. The molecule has 1 aromatic carbocycles. The number of nitro groups is 1. The zero-order chi connectivity index (χ0) is 13.8. The van der Waals surface area contributed by atoms with Gasteiger partial charge in [-0.1, -0.05) is 11.6 Å². The van der Waals surface area contributed by atoms with E-state index >= 15 is 0 Å². The van der Waals surface area contributed by atoms with E-state index in [9.17, 15) is 10.1 Å². The lowest BCUT2D eigenvalue weighted by Gasteiger charge is -2.09. The van der Waals surface area contributed by atoms with Gasteiger partial charge in [0, 0.05) is 30.2 Å². The number of nitrogens with zero attached hydrogens (tertiary/aromatic N) is 2. The average Bonchev–Trinajstić information content (AvgIpc) is 2.84. The summed E-state index contributed by atoms with van der Waals surface area (Å²) in [6.07, 6.45) is 2.00. The van der Waals surface area contributed by atoms with E-state index in [2.05, 4.69) is 16.8 Å². The van der Waals surface area contributed by atoms with Crippen molar-refractivity contribution in [2.45, 2.75) is 20.0 Å². The van der Waals surface area contributed by atoms with E-state index in [4.69, 9.17) is 11.6 Å². The number of aryl methyl sites for hydroxylation is 1. The number of halogens is 1. The number of benzene rings is 1. The topological polar surface area (TPSA) is 60.1 Å². The Morgan fingerprint density at radius 1 is 1.42 bits per heavy atom. The minimum Gasteiger partial charge on any atom is -0.379 e. The first kappa shape index (κ1) is 13.4. The van der Waals surface area contributed by atoms with Gasteiger partial charge in [-0.25, -0.2) is 0 Å². The Morgan fingerprint density at radius 3 is 2.89 bits per heavy atom. The highest BCUT2D eigenvalue weighted by atomic mass is 35.5. The predicted octanol–water partition coefficient (Wildman–Crippen LogP) is 3.68. The molecule has 1 heterocycles. The average molecular weight is 280 g/mol. The van der Waals surface area contributed by atoms with Gasteiger partial charge in [0.1, 0.15) is 5.02 Å². The van der Waals surface area contributed by atoms with Crippen molar-refractivity contribution in [2.75, 3.05) is 5.32 Å². The third-order valence-corrected chi connectivity index (χ3v) is 3.20. The molecule has 0 aliphatic rings. The van der Waals surface area contributed by atoms with Crippen LogP contribution in [0.3, 0.4) is 0 Å². The zero-order valence-corrected chi connectivity index (χ0v) is 11.2. The molecule has 100 valence electrons. The van der Waals surface area contributed by atoms with Crippen LogP contribution in [0, 0.1) is 10.1 Å².